The van der Waals surface area contributed by atoms with Gasteiger partial charge in [-0.15, -0.1) is 0 Å². The lowest BCUT2D eigenvalue weighted by Crippen LogP contribution is -3.00. The van der Waals surface area contributed by atoms with E-state index in [2.05, 4.69) is 34.9 Å². The molecule has 0 radical (unpaired) electrons. The van der Waals surface area contributed by atoms with Crippen molar-refractivity contribution in [2.24, 2.45) is 0 Å². The molecule has 0 fully saturated rings. The molecule has 0 saturated heterocycles. The van der Waals surface area contributed by atoms with Crippen molar-refractivity contribution in [3.05, 3.63) is 0 Å². The zero-order chi connectivity index (χ0) is 28.9. The van der Waals surface area contributed by atoms with Crippen LogP contribution in [-0.2, 0) is 9.47 Å². The fourth-order valence-electron chi connectivity index (χ4n) is 5.79. The van der Waals surface area contributed by atoms with Gasteiger partial charge in [-0.2, -0.15) is 0 Å². The van der Waals surface area contributed by atoms with Crippen LogP contribution in [0.5, 0.6) is 0 Å². The summed E-state index contributed by atoms with van der Waals surface area (Å²) in [5.41, 5.74) is 0. The fraction of sp³-hybridized carbons (Fsp3) is 1.00. The zero-order valence-electron chi connectivity index (χ0n) is 28.1. The molecule has 4 nitrogen and oxygen atoms in total. The Bertz CT molecular complexity index is 459. The highest BCUT2D eigenvalue weighted by molar-refractivity contribution is 4.59. The number of unbranched alkanes of at least 4 members (excludes halogenated alkanes) is 22. The van der Waals surface area contributed by atoms with Crippen LogP contribution < -0.4 is 17.0 Å². The molecule has 0 rings (SSSR count). The van der Waals surface area contributed by atoms with Gasteiger partial charge in [0.2, 0.25) is 0 Å². The van der Waals surface area contributed by atoms with Crippen LogP contribution in [0.2, 0.25) is 0 Å². The molecule has 0 spiro atoms. The Morgan fingerprint density at radius 3 is 1.00 bits per heavy atom. The van der Waals surface area contributed by atoms with E-state index in [4.69, 9.17) is 9.47 Å². The van der Waals surface area contributed by atoms with Crippen molar-refractivity contribution in [1.29, 1.82) is 0 Å². The average Bonchev–Trinajstić information content (AvgIpc) is 2.92. The number of nitrogens with zero attached hydrogens (tertiary/aromatic N) is 1. The Balaban J connectivity index is 0. The van der Waals surface area contributed by atoms with Gasteiger partial charge in [0.05, 0.1) is 40.3 Å². The monoisotopic (exact) mass is 635 g/mol. The first-order valence-corrected chi connectivity index (χ1v) is 17.7. The number of aliphatic hydroxyl groups is 1. The normalized spacial score (nSPS) is 12.2. The van der Waals surface area contributed by atoms with Gasteiger partial charge in [0.1, 0.15) is 6.54 Å². The maximum atomic E-state index is 9.70. The number of rotatable bonds is 32. The maximum absolute atomic E-state index is 9.70. The van der Waals surface area contributed by atoms with Crippen molar-refractivity contribution in [2.75, 3.05) is 40.5 Å². The van der Waals surface area contributed by atoms with Gasteiger partial charge in [0, 0.05) is 0 Å². The molecule has 0 amide bonds. The summed E-state index contributed by atoms with van der Waals surface area (Å²) in [6.07, 6.45) is 33.3. The number of halogens is 1. The first kappa shape index (κ1) is 42.5. The third-order valence-electron chi connectivity index (χ3n) is 8.68. The van der Waals surface area contributed by atoms with Crippen molar-refractivity contribution >= 4 is 0 Å². The van der Waals surface area contributed by atoms with Gasteiger partial charge in [-0.3, -0.25) is 4.48 Å². The molecule has 0 aliphatic rings. The van der Waals surface area contributed by atoms with Crippen LogP contribution in [0.1, 0.15) is 181 Å². The second-order valence-corrected chi connectivity index (χ2v) is 12.7. The van der Waals surface area contributed by atoms with E-state index in [9.17, 15) is 5.11 Å². The largest absolute Gasteiger partial charge is 1.00 e. The molecule has 5 heteroatoms. The lowest BCUT2D eigenvalue weighted by atomic mass is 10.1. The summed E-state index contributed by atoms with van der Waals surface area (Å²) in [5, 5.41) is 9.70. The molecule has 0 aromatic rings. The zero-order valence-corrected chi connectivity index (χ0v) is 29.7. The minimum atomic E-state index is -0.654. The third-order valence-corrected chi connectivity index (χ3v) is 8.68. The Hall–Kier alpha value is 0.320. The van der Waals surface area contributed by atoms with Crippen molar-refractivity contribution in [3.8, 4) is 0 Å². The Morgan fingerprint density at radius 2 is 0.750 bits per heavy atom. The van der Waals surface area contributed by atoms with Gasteiger partial charge in [0.25, 0.3) is 0 Å². The summed E-state index contributed by atoms with van der Waals surface area (Å²) in [7, 11) is 4.29. The van der Waals surface area contributed by atoms with E-state index in [1.165, 1.54) is 141 Å². The van der Waals surface area contributed by atoms with Crippen LogP contribution in [0.15, 0.2) is 0 Å². The molecule has 0 unspecified atom stereocenters. The molecular weight excluding hydrogens is 562 g/mol. The predicted octanol–water partition coefficient (Wildman–Crippen LogP) is 7.56. The van der Waals surface area contributed by atoms with E-state index < -0.39 is 5.91 Å². The van der Waals surface area contributed by atoms with Crippen LogP contribution in [-0.4, -0.2) is 56.0 Å². The summed E-state index contributed by atoms with van der Waals surface area (Å²) in [4.78, 5) is 0. The van der Waals surface area contributed by atoms with Gasteiger partial charge >= 0.3 is 5.91 Å². The lowest BCUT2D eigenvalue weighted by molar-refractivity contribution is -0.997. The van der Waals surface area contributed by atoms with E-state index in [1.807, 2.05) is 0 Å². The molecule has 0 heterocycles. The molecule has 1 N–H and O–H groups in total. The first-order chi connectivity index (χ1) is 19.0. The standard InChI is InChI=1S/C35H74NO3.BrH/c1-6-9-11-13-15-17-19-21-23-25-27-29-33-38-35(8-3,36(4,5)31-32-37)39-34-30-28-26-24-22-20-18-16-14-12-10-7-2;/h37H,6-34H2,1-5H3;1H/q+1;/p-1. The summed E-state index contributed by atoms with van der Waals surface area (Å²) in [5.74, 6) is -0.654. The molecule has 0 atom stereocenters. The molecule has 244 valence electrons. The highest BCUT2D eigenvalue weighted by atomic mass is 79.9. The summed E-state index contributed by atoms with van der Waals surface area (Å²) in [6, 6.07) is 0. The number of quaternary nitrogens is 1. The molecular formula is C35H74BrNO3. The van der Waals surface area contributed by atoms with Crippen LogP contribution in [0.25, 0.3) is 0 Å². The van der Waals surface area contributed by atoms with Gasteiger partial charge in [-0.25, -0.2) is 0 Å². The Morgan fingerprint density at radius 1 is 0.475 bits per heavy atom. The molecule has 0 bridgehead atoms. The number of hydrogen-bond donors (Lipinski definition) is 1. The number of ether oxygens (including phenoxy) is 2. The number of hydrogen-bond acceptors (Lipinski definition) is 3. The van der Waals surface area contributed by atoms with E-state index in [1.54, 1.807) is 0 Å². The van der Waals surface area contributed by atoms with Crippen LogP contribution in [0, 0.1) is 0 Å². The first-order valence-electron chi connectivity index (χ1n) is 17.7. The molecule has 0 saturated carbocycles. The van der Waals surface area contributed by atoms with Gasteiger partial charge in [-0.1, -0.05) is 162 Å². The maximum Gasteiger partial charge on any atom is 0.318 e. The quantitative estimate of drug-likeness (QED) is 0.0471. The topological polar surface area (TPSA) is 38.7 Å². The SMILES string of the molecule is CCCCCCCCCCCCCCOC(CC)(OCCCCCCCCCCCCCC)[N+](C)(C)CCO.[Br-]. The van der Waals surface area contributed by atoms with Crippen molar-refractivity contribution in [3.63, 3.8) is 0 Å². The highest BCUT2D eigenvalue weighted by Gasteiger charge is 2.46. The average molecular weight is 637 g/mol. The molecule has 40 heavy (non-hydrogen) atoms. The van der Waals surface area contributed by atoms with E-state index in [-0.39, 0.29) is 23.6 Å². The number of aliphatic hydroxyl groups excluding tert-OH is 1. The summed E-state index contributed by atoms with van der Waals surface area (Å²) >= 11 is 0. The second-order valence-electron chi connectivity index (χ2n) is 12.7. The second kappa shape index (κ2) is 30.8. The van der Waals surface area contributed by atoms with E-state index >= 15 is 0 Å². The summed E-state index contributed by atoms with van der Waals surface area (Å²) < 4.78 is 13.6. The molecule has 0 aromatic heterocycles. The molecule has 0 aliphatic carbocycles. The van der Waals surface area contributed by atoms with E-state index in [0.717, 1.165) is 32.5 Å². The molecule has 0 aromatic carbocycles. The minimum Gasteiger partial charge on any atom is -1.00 e. The Kier molecular flexibility index (Phi) is 32.7. The lowest BCUT2D eigenvalue weighted by Gasteiger charge is -2.46. The third kappa shape index (κ3) is 22.9. The van der Waals surface area contributed by atoms with Crippen molar-refractivity contribution in [2.45, 2.75) is 187 Å². The van der Waals surface area contributed by atoms with Gasteiger partial charge in [0.15, 0.2) is 0 Å². The Labute approximate surface area is 263 Å². The highest BCUT2D eigenvalue weighted by Crippen LogP contribution is 2.29. The van der Waals surface area contributed by atoms with E-state index in [0.29, 0.717) is 11.0 Å². The van der Waals surface area contributed by atoms with Crippen LogP contribution in [0.4, 0.5) is 0 Å². The molecule has 0 aliphatic heterocycles. The van der Waals surface area contributed by atoms with Crippen LogP contribution in [0.3, 0.4) is 0 Å². The van der Waals surface area contributed by atoms with Crippen LogP contribution >= 0.6 is 0 Å². The fourth-order valence-corrected chi connectivity index (χ4v) is 5.79. The van der Waals surface area contributed by atoms with Crippen molar-refractivity contribution in [1.82, 2.24) is 0 Å². The summed E-state index contributed by atoms with van der Waals surface area (Å²) in [6.45, 7) is 9.03. The predicted molar refractivity (Wildman–Crippen MR) is 171 cm³/mol. The number of likely N-dealkylation sites (N-methyl/N-ethyl adjacent to an activating group) is 1. The van der Waals surface area contributed by atoms with Gasteiger partial charge in [-0.05, 0) is 12.8 Å². The van der Waals surface area contributed by atoms with Gasteiger partial charge < -0.3 is 31.6 Å². The minimum absolute atomic E-state index is 0. The smallest absolute Gasteiger partial charge is 0.318 e. The van der Waals surface area contributed by atoms with Crippen molar-refractivity contribution < 1.29 is 36.0 Å².